The lowest BCUT2D eigenvalue weighted by atomic mass is 10.1. The van der Waals surface area contributed by atoms with Crippen molar-refractivity contribution in [3.05, 3.63) is 63.7 Å². The highest BCUT2D eigenvalue weighted by Gasteiger charge is 2.25. The number of likely N-dealkylation sites (N-methyl/N-ethyl adjacent to an activating group) is 1. The molecular weight excluding hydrogens is 356 g/mol. The summed E-state index contributed by atoms with van der Waals surface area (Å²) in [4.78, 5) is 29.4. The molecule has 0 saturated carbocycles. The lowest BCUT2D eigenvalue weighted by Crippen LogP contribution is -2.51. The van der Waals surface area contributed by atoms with E-state index in [-0.39, 0.29) is 16.5 Å². The van der Waals surface area contributed by atoms with E-state index in [4.69, 9.17) is 0 Å². The Morgan fingerprint density at radius 1 is 1.07 bits per heavy atom. The van der Waals surface area contributed by atoms with E-state index in [2.05, 4.69) is 18.2 Å². The number of anilines is 2. The summed E-state index contributed by atoms with van der Waals surface area (Å²) in [6.45, 7) is 6.71. The monoisotopic (exact) mass is 382 g/mol. The second-order valence-electron chi connectivity index (χ2n) is 7.32. The van der Waals surface area contributed by atoms with E-state index in [0.29, 0.717) is 38.4 Å². The van der Waals surface area contributed by atoms with Crippen LogP contribution in [0, 0.1) is 24.0 Å². The number of nitro benzene ring substituents is 1. The summed E-state index contributed by atoms with van der Waals surface area (Å²) in [6.07, 6.45) is 0. The molecule has 1 saturated heterocycles. The van der Waals surface area contributed by atoms with Crippen molar-refractivity contribution >= 4 is 23.0 Å². The Bertz CT molecular complexity index is 855. The minimum atomic E-state index is -0.355. The van der Waals surface area contributed by atoms with Crippen LogP contribution in [0.15, 0.2) is 42.5 Å². The van der Waals surface area contributed by atoms with E-state index in [0.717, 1.165) is 5.69 Å². The van der Waals surface area contributed by atoms with Gasteiger partial charge < -0.3 is 14.7 Å². The van der Waals surface area contributed by atoms with Gasteiger partial charge in [0.25, 0.3) is 5.69 Å². The Labute approximate surface area is 165 Å². The summed E-state index contributed by atoms with van der Waals surface area (Å²) < 4.78 is 0. The number of carbonyl (C=O) groups excluding carboxylic acids is 1. The molecule has 0 spiro atoms. The number of hydrogen-bond acceptors (Lipinski definition) is 5. The van der Waals surface area contributed by atoms with Crippen molar-refractivity contribution in [3.8, 4) is 0 Å². The topological polar surface area (TPSA) is 69.9 Å². The number of amides is 1. The molecule has 1 amide bonds. The second kappa shape index (κ2) is 8.29. The molecule has 0 radical (unpaired) electrons. The normalized spacial score (nSPS) is 14.1. The number of piperazine rings is 1. The maximum Gasteiger partial charge on any atom is 0.292 e. The largest absolute Gasteiger partial charge is 0.365 e. The van der Waals surface area contributed by atoms with E-state index >= 15 is 0 Å². The predicted molar refractivity (Wildman–Crippen MR) is 111 cm³/mol. The third kappa shape index (κ3) is 4.42. The first-order valence-electron chi connectivity index (χ1n) is 9.41. The number of benzene rings is 2. The number of rotatable bonds is 5. The molecule has 2 aromatic rings. The smallest absolute Gasteiger partial charge is 0.292 e. The van der Waals surface area contributed by atoms with E-state index in [1.165, 1.54) is 17.2 Å². The highest BCUT2D eigenvalue weighted by molar-refractivity contribution is 5.82. The third-order valence-corrected chi connectivity index (χ3v) is 5.07. The maximum absolute atomic E-state index is 12.7. The summed E-state index contributed by atoms with van der Waals surface area (Å²) in [5.41, 5.74) is 4.10. The number of para-hydroxylation sites is 2. The quantitative estimate of drug-likeness (QED) is 0.587. The van der Waals surface area contributed by atoms with Gasteiger partial charge in [0.2, 0.25) is 5.91 Å². The predicted octanol–water partition coefficient (Wildman–Crippen LogP) is 3.00. The van der Waals surface area contributed by atoms with Crippen molar-refractivity contribution in [2.45, 2.75) is 13.8 Å². The van der Waals surface area contributed by atoms with Crippen LogP contribution < -0.4 is 9.80 Å². The van der Waals surface area contributed by atoms with Crippen LogP contribution in [0.3, 0.4) is 0 Å². The van der Waals surface area contributed by atoms with Crippen molar-refractivity contribution in [2.75, 3.05) is 49.6 Å². The Morgan fingerprint density at radius 3 is 2.29 bits per heavy atom. The zero-order chi connectivity index (χ0) is 20.3. The van der Waals surface area contributed by atoms with Crippen LogP contribution in [-0.2, 0) is 4.79 Å². The molecule has 2 aromatic carbocycles. The van der Waals surface area contributed by atoms with Crippen LogP contribution in [0.1, 0.15) is 11.1 Å². The molecule has 7 nitrogen and oxygen atoms in total. The molecule has 0 bridgehead atoms. The van der Waals surface area contributed by atoms with Crippen molar-refractivity contribution in [2.24, 2.45) is 0 Å². The number of nitrogens with zero attached hydrogens (tertiary/aromatic N) is 4. The van der Waals surface area contributed by atoms with E-state index in [1.54, 1.807) is 18.2 Å². The lowest BCUT2D eigenvalue weighted by Gasteiger charge is -2.36. The summed E-state index contributed by atoms with van der Waals surface area (Å²) in [7, 11) is 1.93. The van der Waals surface area contributed by atoms with Crippen molar-refractivity contribution in [1.29, 1.82) is 0 Å². The fourth-order valence-corrected chi connectivity index (χ4v) is 3.65. The fraction of sp³-hybridized carbons (Fsp3) is 0.381. The van der Waals surface area contributed by atoms with Gasteiger partial charge in [0.1, 0.15) is 5.69 Å². The molecule has 0 aromatic heterocycles. The van der Waals surface area contributed by atoms with Gasteiger partial charge in [-0.2, -0.15) is 0 Å². The molecule has 0 N–H and O–H groups in total. The Morgan fingerprint density at radius 2 is 1.68 bits per heavy atom. The van der Waals surface area contributed by atoms with Crippen LogP contribution in [0.4, 0.5) is 17.1 Å². The second-order valence-corrected chi connectivity index (χ2v) is 7.32. The van der Waals surface area contributed by atoms with E-state index < -0.39 is 0 Å². The van der Waals surface area contributed by atoms with Gasteiger partial charge in [-0.1, -0.05) is 18.2 Å². The van der Waals surface area contributed by atoms with Crippen LogP contribution in [0.25, 0.3) is 0 Å². The molecule has 0 atom stereocenters. The molecule has 148 valence electrons. The summed E-state index contributed by atoms with van der Waals surface area (Å²) >= 11 is 0. The van der Waals surface area contributed by atoms with Crippen molar-refractivity contribution < 1.29 is 9.72 Å². The molecule has 3 rings (SSSR count). The van der Waals surface area contributed by atoms with Gasteiger partial charge in [0.05, 0.1) is 11.5 Å². The number of hydrogen-bond donors (Lipinski definition) is 0. The summed E-state index contributed by atoms with van der Waals surface area (Å²) in [5.74, 6) is 0.0730. The minimum absolute atomic E-state index is 0.0730. The zero-order valence-corrected chi connectivity index (χ0v) is 16.6. The molecule has 1 heterocycles. The number of nitro groups is 1. The van der Waals surface area contributed by atoms with E-state index in [1.807, 2.05) is 35.6 Å². The number of aryl methyl sites for hydroxylation is 2. The highest BCUT2D eigenvalue weighted by atomic mass is 16.6. The third-order valence-electron chi connectivity index (χ3n) is 5.07. The molecule has 1 aliphatic heterocycles. The average molecular weight is 382 g/mol. The summed E-state index contributed by atoms with van der Waals surface area (Å²) in [6, 6.07) is 13.0. The van der Waals surface area contributed by atoms with Gasteiger partial charge in [-0.25, -0.2) is 0 Å². The highest BCUT2D eigenvalue weighted by Crippen LogP contribution is 2.28. The van der Waals surface area contributed by atoms with Crippen molar-refractivity contribution in [1.82, 2.24) is 4.90 Å². The van der Waals surface area contributed by atoms with Gasteiger partial charge in [0, 0.05) is 45.0 Å². The first-order valence-corrected chi connectivity index (χ1v) is 9.41. The van der Waals surface area contributed by atoms with Crippen LogP contribution in [0.5, 0.6) is 0 Å². The van der Waals surface area contributed by atoms with Crippen LogP contribution in [0.2, 0.25) is 0 Å². The van der Waals surface area contributed by atoms with Crippen LogP contribution in [-0.4, -0.2) is 55.5 Å². The maximum atomic E-state index is 12.7. The van der Waals surface area contributed by atoms with Crippen molar-refractivity contribution in [3.63, 3.8) is 0 Å². The molecular formula is C21H26N4O3. The SMILES string of the molecule is Cc1cc(C)cc(N(C)CC(=O)N2CCN(c3ccccc3[N+](=O)[O-])CC2)c1. The molecule has 28 heavy (non-hydrogen) atoms. The molecule has 0 aliphatic carbocycles. The fourth-order valence-electron chi connectivity index (χ4n) is 3.65. The molecule has 1 aliphatic rings. The van der Waals surface area contributed by atoms with Gasteiger partial charge in [-0.05, 0) is 43.2 Å². The zero-order valence-electron chi connectivity index (χ0n) is 16.6. The first-order chi connectivity index (χ1) is 13.3. The Balaban J connectivity index is 1.60. The number of carbonyl (C=O) groups is 1. The van der Waals surface area contributed by atoms with Gasteiger partial charge in [-0.15, -0.1) is 0 Å². The molecule has 0 unspecified atom stereocenters. The Hall–Kier alpha value is -3.09. The van der Waals surface area contributed by atoms with Gasteiger partial charge in [0.15, 0.2) is 0 Å². The van der Waals surface area contributed by atoms with Gasteiger partial charge in [-0.3, -0.25) is 14.9 Å². The first kappa shape index (κ1) is 19.7. The minimum Gasteiger partial charge on any atom is -0.365 e. The molecule has 7 heteroatoms. The Kier molecular flexibility index (Phi) is 5.82. The lowest BCUT2D eigenvalue weighted by molar-refractivity contribution is -0.384. The molecule has 1 fully saturated rings. The van der Waals surface area contributed by atoms with Crippen LogP contribution >= 0.6 is 0 Å². The average Bonchev–Trinajstić information content (AvgIpc) is 2.67. The van der Waals surface area contributed by atoms with Gasteiger partial charge >= 0.3 is 0 Å². The standard InChI is InChI=1S/C21H26N4O3/c1-16-12-17(2)14-18(13-16)22(3)15-21(26)24-10-8-23(9-11-24)19-6-4-5-7-20(19)25(27)28/h4-7,12-14H,8-11,15H2,1-3H3. The summed E-state index contributed by atoms with van der Waals surface area (Å²) in [5, 5.41) is 11.2. The van der Waals surface area contributed by atoms with E-state index in [9.17, 15) is 14.9 Å².